The Morgan fingerprint density at radius 3 is 2.50 bits per heavy atom. The van der Waals surface area contributed by atoms with Gasteiger partial charge in [-0.05, 0) is 47.5 Å². The van der Waals surface area contributed by atoms with Crippen molar-refractivity contribution in [1.82, 2.24) is 10.2 Å². The number of likely N-dealkylation sites (tertiary alicyclic amines) is 1. The number of nitrogens with one attached hydrogen (secondary N) is 1. The van der Waals surface area contributed by atoms with Gasteiger partial charge in [-0.2, -0.15) is 0 Å². The van der Waals surface area contributed by atoms with E-state index in [1.165, 1.54) is 0 Å². The predicted molar refractivity (Wildman–Crippen MR) is 116 cm³/mol. The van der Waals surface area contributed by atoms with Crippen LogP contribution in [0.25, 0.3) is 0 Å². The van der Waals surface area contributed by atoms with Crippen molar-refractivity contribution in [2.24, 2.45) is 10.9 Å². The van der Waals surface area contributed by atoms with Crippen LogP contribution >= 0.6 is 24.0 Å². The monoisotopic (exact) mass is 503 g/mol. The highest BCUT2D eigenvalue weighted by Crippen LogP contribution is 2.19. The van der Waals surface area contributed by atoms with Crippen LogP contribution in [0.3, 0.4) is 0 Å². The van der Waals surface area contributed by atoms with Crippen LogP contribution in [-0.4, -0.2) is 68.5 Å². The molecular formula is C17H34IN3O4S. The molecule has 0 bridgehead atoms. The van der Waals surface area contributed by atoms with Crippen molar-refractivity contribution < 1.29 is 17.9 Å². The topological polar surface area (TPSA) is 88.1 Å². The van der Waals surface area contributed by atoms with E-state index in [2.05, 4.69) is 10.3 Å². The second-order valence-corrected chi connectivity index (χ2v) is 10.1. The Morgan fingerprint density at radius 2 is 1.96 bits per heavy atom. The summed E-state index contributed by atoms with van der Waals surface area (Å²) < 4.78 is 28.8. The summed E-state index contributed by atoms with van der Waals surface area (Å²) in [6.45, 7) is 11.5. The zero-order valence-electron chi connectivity index (χ0n) is 16.6. The summed E-state index contributed by atoms with van der Waals surface area (Å²) in [6, 6.07) is 0. The quantitative estimate of drug-likeness (QED) is 0.259. The van der Waals surface area contributed by atoms with Gasteiger partial charge in [0.1, 0.15) is 0 Å². The molecule has 26 heavy (non-hydrogen) atoms. The first-order valence-electron chi connectivity index (χ1n) is 9.04. The van der Waals surface area contributed by atoms with Crippen molar-refractivity contribution in [1.29, 1.82) is 0 Å². The summed E-state index contributed by atoms with van der Waals surface area (Å²) in [5.74, 6) is 0.357. The molecule has 0 aromatic heterocycles. The lowest BCUT2D eigenvalue weighted by atomic mass is 9.98. The Morgan fingerprint density at radius 1 is 1.31 bits per heavy atom. The molecule has 0 amide bonds. The number of ether oxygens (including phenoxy) is 1. The molecule has 1 aliphatic heterocycles. The summed E-state index contributed by atoms with van der Waals surface area (Å²) in [5, 5.41) is 3.20. The molecule has 1 saturated heterocycles. The minimum absolute atomic E-state index is 0. The second kappa shape index (κ2) is 11.3. The molecule has 1 heterocycles. The van der Waals surface area contributed by atoms with E-state index in [-0.39, 0.29) is 48.2 Å². The number of sulfone groups is 1. The maximum atomic E-state index is 12.2. The van der Waals surface area contributed by atoms with E-state index < -0.39 is 14.6 Å². The Labute approximate surface area is 175 Å². The van der Waals surface area contributed by atoms with Gasteiger partial charge in [0.25, 0.3) is 0 Å². The van der Waals surface area contributed by atoms with Crippen molar-refractivity contribution in [3.63, 3.8) is 0 Å². The van der Waals surface area contributed by atoms with Crippen LogP contribution in [0.2, 0.25) is 0 Å². The van der Waals surface area contributed by atoms with Gasteiger partial charge in [-0.15, -0.1) is 24.0 Å². The standard InChI is InChI=1S/C17H33N3O4S.HI/c1-6-18-16(19-10-12-25(22,23)17(3,4)5)20-11-8-9-14(13-20)15(21)24-7-2;/h14H,6-13H2,1-5H3,(H,18,19);1H. The smallest absolute Gasteiger partial charge is 0.310 e. The van der Waals surface area contributed by atoms with E-state index in [1.807, 2.05) is 11.8 Å². The van der Waals surface area contributed by atoms with Gasteiger partial charge >= 0.3 is 5.97 Å². The highest BCUT2D eigenvalue weighted by atomic mass is 127. The van der Waals surface area contributed by atoms with Crippen molar-refractivity contribution in [2.45, 2.75) is 52.2 Å². The lowest BCUT2D eigenvalue weighted by Crippen LogP contribution is -2.48. The Kier molecular flexibility index (Phi) is 11.1. The molecule has 0 aromatic carbocycles. The number of guanidine groups is 1. The fraction of sp³-hybridized carbons (Fsp3) is 0.882. The van der Waals surface area contributed by atoms with E-state index in [4.69, 9.17) is 4.74 Å². The summed E-state index contributed by atoms with van der Waals surface area (Å²) in [4.78, 5) is 18.5. The molecule has 1 aliphatic rings. The number of halogens is 1. The van der Waals surface area contributed by atoms with E-state index in [1.54, 1.807) is 27.7 Å². The number of piperidine rings is 1. The molecule has 7 nitrogen and oxygen atoms in total. The highest BCUT2D eigenvalue weighted by molar-refractivity contribution is 14.0. The number of aliphatic imine (C=N–C) groups is 1. The maximum absolute atomic E-state index is 12.2. The Hall–Kier alpha value is -0.580. The number of esters is 1. The summed E-state index contributed by atoms with van der Waals surface area (Å²) in [7, 11) is -3.20. The van der Waals surface area contributed by atoms with Gasteiger partial charge in [-0.1, -0.05) is 0 Å². The summed E-state index contributed by atoms with van der Waals surface area (Å²) in [5.41, 5.74) is 0. The van der Waals surface area contributed by atoms with Gasteiger partial charge in [-0.3, -0.25) is 9.79 Å². The summed E-state index contributed by atoms with van der Waals surface area (Å²) in [6.07, 6.45) is 1.70. The molecule has 1 fully saturated rings. The number of hydrogen-bond donors (Lipinski definition) is 1. The number of carbonyl (C=O) groups excluding carboxylic acids is 1. The van der Waals surface area contributed by atoms with Crippen LogP contribution in [-0.2, 0) is 19.4 Å². The predicted octanol–water partition coefficient (Wildman–Crippen LogP) is 2.06. The van der Waals surface area contributed by atoms with Crippen LogP contribution in [0.15, 0.2) is 4.99 Å². The van der Waals surface area contributed by atoms with Crippen molar-refractivity contribution in [3.05, 3.63) is 0 Å². The third kappa shape index (κ3) is 7.58. The average Bonchev–Trinajstić information content (AvgIpc) is 2.53. The minimum atomic E-state index is -3.20. The van der Waals surface area contributed by atoms with Crippen LogP contribution in [0.4, 0.5) is 0 Å². The molecule has 1 atom stereocenters. The lowest BCUT2D eigenvalue weighted by molar-refractivity contribution is -0.149. The van der Waals surface area contributed by atoms with Gasteiger partial charge in [0.15, 0.2) is 15.8 Å². The third-order valence-corrected chi connectivity index (χ3v) is 6.82. The van der Waals surface area contributed by atoms with Crippen molar-refractivity contribution in [2.75, 3.05) is 38.5 Å². The molecule has 9 heteroatoms. The first-order valence-corrected chi connectivity index (χ1v) is 10.7. The zero-order chi connectivity index (χ0) is 19.1. The fourth-order valence-corrected chi connectivity index (χ4v) is 3.57. The van der Waals surface area contributed by atoms with Gasteiger partial charge < -0.3 is 15.0 Å². The van der Waals surface area contributed by atoms with Crippen molar-refractivity contribution >= 4 is 45.7 Å². The van der Waals surface area contributed by atoms with E-state index >= 15 is 0 Å². The molecular weight excluding hydrogens is 469 g/mol. The molecule has 1 N–H and O–H groups in total. The van der Waals surface area contributed by atoms with Gasteiger partial charge in [0.2, 0.25) is 0 Å². The van der Waals surface area contributed by atoms with E-state index in [0.717, 1.165) is 19.4 Å². The van der Waals surface area contributed by atoms with E-state index in [0.29, 0.717) is 25.7 Å². The van der Waals surface area contributed by atoms with Gasteiger partial charge in [0, 0.05) is 19.6 Å². The molecule has 0 saturated carbocycles. The summed E-state index contributed by atoms with van der Waals surface area (Å²) >= 11 is 0. The normalized spacial score (nSPS) is 18.9. The maximum Gasteiger partial charge on any atom is 0.310 e. The number of rotatable bonds is 6. The molecule has 0 spiro atoms. The minimum Gasteiger partial charge on any atom is -0.466 e. The molecule has 0 aliphatic carbocycles. The molecule has 0 radical (unpaired) electrons. The van der Waals surface area contributed by atoms with Gasteiger partial charge in [0.05, 0.1) is 29.6 Å². The van der Waals surface area contributed by atoms with Crippen LogP contribution in [0.5, 0.6) is 0 Å². The molecule has 1 rings (SSSR count). The molecule has 1 unspecified atom stereocenters. The van der Waals surface area contributed by atoms with Crippen molar-refractivity contribution in [3.8, 4) is 0 Å². The largest absolute Gasteiger partial charge is 0.466 e. The number of carbonyl (C=O) groups is 1. The van der Waals surface area contributed by atoms with Gasteiger partial charge in [-0.25, -0.2) is 8.42 Å². The van der Waals surface area contributed by atoms with Crippen LogP contribution in [0.1, 0.15) is 47.5 Å². The molecule has 0 aromatic rings. The third-order valence-electron chi connectivity index (χ3n) is 4.23. The number of nitrogens with zero attached hydrogens (tertiary/aromatic N) is 2. The highest BCUT2D eigenvalue weighted by Gasteiger charge is 2.30. The van der Waals surface area contributed by atoms with E-state index in [9.17, 15) is 13.2 Å². The fourth-order valence-electron chi connectivity index (χ4n) is 2.63. The van der Waals surface area contributed by atoms with Crippen LogP contribution < -0.4 is 5.32 Å². The Bertz CT molecular complexity index is 573. The van der Waals surface area contributed by atoms with Crippen LogP contribution in [0, 0.1) is 5.92 Å². The average molecular weight is 503 g/mol. The first-order chi connectivity index (χ1) is 11.6. The molecule has 154 valence electrons. The second-order valence-electron chi connectivity index (χ2n) is 7.20. The zero-order valence-corrected chi connectivity index (χ0v) is 19.7. The first kappa shape index (κ1) is 25.4. The Balaban J connectivity index is 0.00000625. The SMILES string of the molecule is CCNC(=NCCS(=O)(=O)C(C)(C)C)N1CCCC(C(=O)OCC)C1.I. The number of hydrogen-bond acceptors (Lipinski definition) is 5. The lowest BCUT2D eigenvalue weighted by Gasteiger charge is -2.34.